The Labute approximate surface area is 107 Å². The molecule has 0 unspecified atom stereocenters. The van der Waals surface area contributed by atoms with Gasteiger partial charge < -0.3 is 5.73 Å². The first-order valence-electron chi connectivity index (χ1n) is 4.65. The fraction of sp³-hybridized carbons (Fsp3) is 0.182. The maximum absolute atomic E-state index is 5.48. The summed E-state index contributed by atoms with van der Waals surface area (Å²) in [6.45, 7) is 1.31. The van der Waals surface area contributed by atoms with Crippen LogP contribution in [0.1, 0.15) is 11.3 Å². The first-order valence-corrected chi connectivity index (χ1v) is 4.65. The van der Waals surface area contributed by atoms with Crippen LogP contribution >= 0.6 is 24.8 Å². The molecular weight excluding hydrogens is 245 g/mol. The van der Waals surface area contributed by atoms with Crippen molar-refractivity contribution < 1.29 is 0 Å². The summed E-state index contributed by atoms with van der Waals surface area (Å²) < 4.78 is 1.90. The normalized spacial score (nSPS) is 9.06. The molecule has 88 valence electrons. The Morgan fingerprint density at radius 1 is 1.06 bits per heavy atom. The lowest BCUT2D eigenvalue weighted by atomic mass is 10.2. The van der Waals surface area contributed by atoms with Crippen LogP contribution in [-0.2, 0) is 13.1 Å². The van der Waals surface area contributed by atoms with Crippen LogP contribution in [0.15, 0.2) is 42.6 Å². The SMILES string of the molecule is Cl.Cl.NCc1ccn(Cc2ccccc2)n1. The lowest BCUT2D eigenvalue weighted by Crippen LogP contribution is -2.03. The second kappa shape index (κ2) is 7.28. The van der Waals surface area contributed by atoms with Crippen LogP contribution in [0.25, 0.3) is 0 Å². The average Bonchev–Trinajstić information content (AvgIpc) is 2.67. The molecule has 0 bridgehead atoms. The molecule has 16 heavy (non-hydrogen) atoms. The lowest BCUT2D eigenvalue weighted by Gasteiger charge is -2.00. The Balaban J connectivity index is 0.00000112. The molecule has 1 aromatic carbocycles. The molecule has 0 spiro atoms. The topological polar surface area (TPSA) is 43.8 Å². The highest BCUT2D eigenvalue weighted by molar-refractivity contribution is 5.85. The summed E-state index contributed by atoms with van der Waals surface area (Å²) in [5, 5.41) is 4.32. The van der Waals surface area contributed by atoms with Crippen LogP contribution in [-0.4, -0.2) is 9.78 Å². The van der Waals surface area contributed by atoms with Gasteiger partial charge in [0.2, 0.25) is 0 Å². The Kier molecular flexibility index (Phi) is 6.81. The van der Waals surface area contributed by atoms with Crippen molar-refractivity contribution >= 4 is 24.8 Å². The van der Waals surface area contributed by atoms with E-state index in [9.17, 15) is 0 Å². The second-order valence-corrected chi connectivity index (χ2v) is 3.19. The van der Waals surface area contributed by atoms with Gasteiger partial charge in [0.15, 0.2) is 0 Å². The van der Waals surface area contributed by atoms with Crippen LogP contribution in [0.4, 0.5) is 0 Å². The number of rotatable bonds is 3. The predicted molar refractivity (Wildman–Crippen MR) is 70.2 cm³/mol. The van der Waals surface area contributed by atoms with Crippen LogP contribution in [0, 0.1) is 0 Å². The van der Waals surface area contributed by atoms with Gasteiger partial charge in [-0.1, -0.05) is 30.3 Å². The highest BCUT2D eigenvalue weighted by Gasteiger charge is 1.97. The Bertz CT molecular complexity index is 401. The molecule has 0 aliphatic heterocycles. The highest BCUT2D eigenvalue weighted by Crippen LogP contribution is 2.02. The van der Waals surface area contributed by atoms with Crippen molar-refractivity contribution in [2.24, 2.45) is 5.73 Å². The molecule has 0 saturated heterocycles. The zero-order valence-corrected chi connectivity index (χ0v) is 10.4. The van der Waals surface area contributed by atoms with Crippen molar-refractivity contribution in [1.29, 1.82) is 0 Å². The average molecular weight is 260 g/mol. The maximum atomic E-state index is 5.48. The van der Waals surface area contributed by atoms with E-state index in [1.165, 1.54) is 5.56 Å². The fourth-order valence-electron chi connectivity index (χ4n) is 1.37. The van der Waals surface area contributed by atoms with Gasteiger partial charge in [0.05, 0.1) is 12.2 Å². The van der Waals surface area contributed by atoms with Gasteiger partial charge >= 0.3 is 0 Å². The van der Waals surface area contributed by atoms with Gasteiger partial charge in [0.25, 0.3) is 0 Å². The maximum Gasteiger partial charge on any atom is 0.0760 e. The standard InChI is InChI=1S/C11H13N3.2ClH/c12-8-11-6-7-14(13-11)9-10-4-2-1-3-5-10;;/h1-7H,8-9,12H2;2*1H. The van der Waals surface area contributed by atoms with Crippen molar-refractivity contribution in [3.05, 3.63) is 53.9 Å². The van der Waals surface area contributed by atoms with Gasteiger partial charge in [-0.25, -0.2) is 0 Å². The zero-order valence-electron chi connectivity index (χ0n) is 8.74. The third-order valence-electron chi connectivity index (χ3n) is 2.09. The molecule has 0 aliphatic carbocycles. The minimum atomic E-state index is 0. The number of halogens is 2. The van der Waals surface area contributed by atoms with E-state index in [2.05, 4.69) is 17.2 Å². The van der Waals surface area contributed by atoms with Crippen molar-refractivity contribution in [2.75, 3.05) is 0 Å². The molecule has 0 atom stereocenters. The zero-order chi connectivity index (χ0) is 9.80. The molecule has 3 nitrogen and oxygen atoms in total. The van der Waals surface area contributed by atoms with Crippen molar-refractivity contribution in [1.82, 2.24) is 9.78 Å². The summed E-state index contributed by atoms with van der Waals surface area (Å²) in [5.41, 5.74) is 7.66. The van der Waals surface area contributed by atoms with Crippen molar-refractivity contribution in [2.45, 2.75) is 13.1 Å². The molecule has 2 N–H and O–H groups in total. The van der Waals surface area contributed by atoms with Crippen LogP contribution < -0.4 is 5.73 Å². The van der Waals surface area contributed by atoms with Gasteiger partial charge in [0.1, 0.15) is 0 Å². The molecule has 1 heterocycles. The van der Waals surface area contributed by atoms with E-state index in [4.69, 9.17) is 5.73 Å². The summed E-state index contributed by atoms with van der Waals surface area (Å²) in [4.78, 5) is 0. The van der Waals surface area contributed by atoms with Crippen LogP contribution in [0.2, 0.25) is 0 Å². The predicted octanol–water partition coefficient (Wildman–Crippen LogP) is 2.23. The Hall–Kier alpha value is -1.03. The van der Waals surface area contributed by atoms with Crippen LogP contribution in [0.3, 0.4) is 0 Å². The molecule has 2 rings (SSSR count). The summed E-state index contributed by atoms with van der Waals surface area (Å²) >= 11 is 0. The fourth-order valence-corrected chi connectivity index (χ4v) is 1.37. The number of hydrogen-bond donors (Lipinski definition) is 1. The Morgan fingerprint density at radius 2 is 1.75 bits per heavy atom. The van der Waals surface area contributed by atoms with E-state index < -0.39 is 0 Å². The largest absolute Gasteiger partial charge is 0.325 e. The molecule has 0 fully saturated rings. The quantitative estimate of drug-likeness (QED) is 0.919. The monoisotopic (exact) mass is 259 g/mol. The van der Waals surface area contributed by atoms with E-state index in [0.717, 1.165) is 12.2 Å². The number of benzene rings is 1. The van der Waals surface area contributed by atoms with E-state index in [1.54, 1.807) is 0 Å². The molecule has 2 aromatic rings. The summed E-state index contributed by atoms with van der Waals surface area (Å²) in [6.07, 6.45) is 1.95. The van der Waals surface area contributed by atoms with Crippen molar-refractivity contribution in [3.8, 4) is 0 Å². The molecule has 0 aliphatic rings. The summed E-state index contributed by atoms with van der Waals surface area (Å²) in [7, 11) is 0. The molecule has 5 heteroatoms. The number of nitrogens with zero attached hydrogens (tertiary/aromatic N) is 2. The molecule has 1 aromatic heterocycles. The Morgan fingerprint density at radius 3 is 2.31 bits per heavy atom. The third kappa shape index (κ3) is 3.85. The summed E-state index contributed by atoms with van der Waals surface area (Å²) in [5.74, 6) is 0. The smallest absolute Gasteiger partial charge is 0.0760 e. The minimum Gasteiger partial charge on any atom is -0.325 e. The van der Waals surface area contributed by atoms with E-state index in [1.807, 2.05) is 35.1 Å². The number of nitrogens with two attached hydrogens (primary N) is 1. The van der Waals surface area contributed by atoms with E-state index >= 15 is 0 Å². The summed E-state index contributed by atoms with van der Waals surface area (Å²) in [6, 6.07) is 12.2. The minimum absolute atomic E-state index is 0. The lowest BCUT2D eigenvalue weighted by molar-refractivity contribution is 0.672. The van der Waals surface area contributed by atoms with Gasteiger partial charge in [0, 0.05) is 12.7 Å². The van der Waals surface area contributed by atoms with Crippen molar-refractivity contribution in [3.63, 3.8) is 0 Å². The van der Waals surface area contributed by atoms with Gasteiger partial charge in [-0.3, -0.25) is 4.68 Å². The van der Waals surface area contributed by atoms with Gasteiger partial charge in [-0.05, 0) is 11.6 Å². The second-order valence-electron chi connectivity index (χ2n) is 3.19. The molecule has 0 radical (unpaired) electrons. The van der Waals surface area contributed by atoms with E-state index in [0.29, 0.717) is 6.54 Å². The number of hydrogen-bond acceptors (Lipinski definition) is 2. The molecular formula is C11H15Cl2N3. The first-order chi connectivity index (χ1) is 6.88. The van der Waals surface area contributed by atoms with Crippen LogP contribution in [0.5, 0.6) is 0 Å². The van der Waals surface area contributed by atoms with Gasteiger partial charge in [-0.2, -0.15) is 5.10 Å². The third-order valence-corrected chi connectivity index (χ3v) is 2.09. The molecule has 0 saturated carbocycles. The number of aromatic nitrogens is 2. The first kappa shape index (κ1) is 15.0. The van der Waals surface area contributed by atoms with Gasteiger partial charge in [-0.15, -0.1) is 24.8 Å². The van der Waals surface area contributed by atoms with E-state index in [-0.39, 0.29) is 24.8 Å². The molecule has 0 amide bonds. The highest BCUT2D eigenvalue weighted by atomic mass is 35.5.